The van der Waals surface area contributed by atoms with E-state index in [1.54, 1.807) is 0 Å². The third-order valence-corrected chi connectivity index (χ3v) is 3.35. The normalized spacial score (nSPS) is 19.6. The van der Waals surface area contributed by atoms with Gasteiger partial charge in [-0.2, -0.15) is 0 Å². The number of nitrogens with one attached hydrogen (secondary N) is 1. The lowest BCUT2D eigenvalue weighted by atomic mass is 10.0. The van der Waals surface area contributed by atoms with Crippen LogP contribution >= 0.6 is 0 Å². The molecule has 0 aromatic rings. The third-order valence-electron chi connectivity index (χ3n) is 3.35. The molecule has 0 aromatic heterocycles. The standard InChI is InChI=1S/C12H24N2O2/c1-4-16-7-10(9(2)3)14-11(15)12(8-13)5-6-12/h9-10H,4-8,13H2,1-3H3,(H,14,15). The van der Waals surface area contributed by atoms with Crippen LogP contribution in [-0.4, -0.2) is 31.7 Å². The van der Waals surface area contributed by atoms with Crippen molar-refractivity contribution in [3.05, 3.63) is 0 Å². The second-order valence-electron chi connectivity index (χ2n) is 4.97. The van der Waals surface area contributed by atoms with E-state index in [1.807, 2.05) is 6.92 Å². The highest BCUT2D eigenvalue weighted by molar-refractivity contribution is 5.85. The molecule has 0 saturated heterocycles. The zero-order valence-electron chi connectivity index (χ0n) is 10.6. The van der Waals surface area contributed by atoms with Crippen LogP contribution in [0.15, 0.2) is 0 Å². The molecule has 94 valence electrons. The van der Waals surface area contributed by atoms with E-state index in [2.05, 4.69) is 19.2 Å². The van der Waals surface area contributed by atoms with Gasteiger partial charge in [0.1, 0.15) is 0 Å². The Labute approximate surface area is 97.9 Å². The van der Waals surface area contributed by atoms with Gasteiger partial charge in [0.2, 0.25) is 5.91 Å². The second kappa shape index (κ2) is 5.64. The van der Waals surface area contributed by atoms with E-state index in [-0.39, 0.29) is 17.4 Å². The Morgan fingerprint density at radius 2 is 2.12 bits per heavy atom. The molecule has 1 fully saturated rings. The van der Waals surface area contributed by atoms with E-state index in [9.17, 15) is 4.79 Å². The second-order valence-corrected chi connectivity index (χ2v) is 4.97. The monoisotopic (exact) mass is 228 g/mol. The first-order valence-electron chi connectivity index (χ1n) is 6.14. The van der Waals surface area contributed by atoms with E-state index in [0.717, 1.165) is 12.8 Å². The summed E-state index contributed by atoms with van der Waals surface area (Å²) in [4.78, 5) is 12.0. The summed E-state index contributed by atoms with van der Waals surface area (Å²) in [5.74, 6) is 0.484. The number of carbonyl (C=O) groups is 1. The molecule has 0 aromatic carbocycles. The minimum atomic E-state index is -0.265. The van der Waals surface area contributed by atoms with Crippen LogP contribution in [0.5, 0.6) is 0 Å². The van der Waals surface area contributed by atoms with Gasteiger partial charge in [-0.15, -0.1) is 0 Å². The van der Waals surface area contributed by atoms with Gasteiger partial charge in [0.05, 0.1) is 18.1 Å². The van der Waals surface area contributed by atoms with E-state index in [1.165, 1.54) is 0 Å². The van der Waals surface area contributed by atoms with Crippen LogP contribution in [0.3, 0.4) is 0 Å². The Hall–Kier alpha value is -0.610. The number of carbonyl (C=O) groups excluding carboxylic acids is 1. The van der Waals surface area contributed by atoms with Crippen molar-refractivity contribution in [2.45, 2.75) is 39.7 Å². The maximum atomic E-state index is 12.0. The summed E-state index contributed by atoms with van der Waals surface area (Å²) < 4.78 is 5.38. The van der Waals surface area contributed by atoms with Crippen molar-refractivity contribution in [3.8, 4) is 0 Å². The summed E-state index contributed by atoms with van der Waals surface area (Å²) in [7, 11) is 0. The molecule has 1 aliphatic carbocycles. The maximum Gasteiger partial charge on any atom is 0.227 e. The molecule has 0 radical (unpaired) electrons. The molecule has 1 atom stereocenters. The fourth-order valence-corrected chi connectivity index (χ4v) is 1.64. The van der Waals surface area contributed by atoms with Gasteiger partial charge in [0, 0.05) is 13.2 Å². The molecule has 1 aliphatic rings. The molecule has 4 nitrogen and oxygen atoms in total. The molecule has 16 heavy (non-hydrogen) atoms. The summed E-state index contributed by atoms with van der Waals surface area (Å²) in [6.45, 7) is 7.86. The SMILES string of the molecule is CCOCC(NC(=O)C1(CN)CC1)C(C)C. The van der Waals surface area contributed by atoms with E-state index < -0.39 is 0 Å². The lowest BCUT2D eigenvalue weighted by Crippen LogP contribution is -2.46. The van der Waals surface area contributed by atoms with Crippen LogP contribution in [0.25, 0.3) is 0 Å². The molecule has 1 amide bonds. The number of ether oxygens (including phenoxy) is 1. The summed E-state index contributed by atoms with van der Waals surface area (Å²) in [5.41, 5.74) is 5.37. The molecule has 0 spiro atoms. The number of hydrogen-bond acceptors (Lipinski definition) is 3. The fraction of sp³-hybridized carbons (Fsp3) is 0.917. The molecule has 1 saturated carbocycles. The van der Waals surface area contributed by atoms with Crippen LogP contribution < -0.4 is 11.1 Å². The Balaban J connectivity index is 2.45. The highest BCUT2D eigenvalue weighted by atomic mass is 16.5. The van der Waals surface area contributed by atoms with Gasteiger partial charge in [-0.05, 0) is 25.7 Å². The highest BCUT2D eigenvalue weighted by Crippen LogP contribution is 2.44. The third kappa shape index (κ3) is 3.19. The molecule has 0 aliphatic heterocycles. The lowest BCUT2D eigenvalue weighted by molar-refractivity contribution is -0.127. The van der Waals surface area contributed by atoms with Crippen molar-refractivity contribution in [2.24, 2.45) is 17.1 Å². The van der Waals surface area contributed by atoms with Crippen molar-refractivity contribution in [2.75, 3.05) is 19.8 Å². The van der Waals surface area contributed by atoms with Crippen LogP contribution in [0.1, 0.15) is 33.6 Å². The molecule has 1 unspecified atom stereocenters. The van der Waals surface area contributed by atoms with Gasteiger partial charge in [-0.1, -0.05) is 13.8 Å². The minimum Gasteiger partial charge on any atom is -0.380 e. The molecule has 1 rings (SSSR count). The minimum absolute atomic E-state index is 0.0940. The summed E-state index contributed by atoms with van der Waals surface area (Å²) >= 11 is 0. The largest absolute Gasteiger partial charge is 0.380 e. The zero-order chi connectivity index (χ0) is 12.2. The van der Waals surface area contributed by atoms with E-state index >= 15 is 0 Å². The van der Waals surface area contributed by atoms with Crippen molar-refractivity contribution < 1.29 is 9.53 Å². The van der Waals surface area contributed by atoms with Crippen molar-refractivity contribution in [1.29, 1.82) is 0 Å². The smallest absolute Gasteiger partial charge is 0.227 e. The van der Waals surface area contributed by atoms with Gasteiger partial charge < -0.3 is 15.8 Å². The Bertz CT molecular complexity index is 237. The summed E-state index contributed by atoms with van der Waals surface area (Å²) in [6, 6.07) is 0.0940. The van der Waals surface area contributed by atoms with E-state index in [0.29, 0.717) is 25.7 Å². The predicted octanol–water partition coefficient (Wildman–Crippen LogP) is 0.903. The molecule has 4 heteroatoms. The van der Waals surface area contributed by atoms with Gasteiger partial charge in [0.15, 0.2) is 0 Å². The summed E-state index contributed by atoms with van der Waals surface area (Å²) in [6.07, 6.45) is 1.85. The number of nitrogens with two attached hydrogens (primary N) is 1. The van der Waals surface area contributed by atoms with Gasteiger partial charge in [-0.3, -0.25) is 4.79 Å². The summed E-state index contributed by atoms with van der Waals surface area (Å²) in [5, 5.41) is 3.06. The Morgan fingerprint density at radius 1 is 1.50 bits per heavy atom. The van der Waals surface area contributed by atoms with Crippen molar-refractivity contribution in [1.82, 2.24) is 5.32 Å². The zero-order valence-corrected chi connectivity index (χ0v) is 10.6. The molecular weight excluding hydrogens is 204 g/mol. The maximum absolute atomic E-state index is 12.0. The van der Waals surface area contributed by atoms with Crippen LogP contribution in [-0.2, 0) is 9.53 Å². The van der Waals surface area contributed by atoms with Gasteiger partial charge >= 0.3 is 0 Å². The molecule has 0 heterocycles. The quantitative estimate of drug-likeness (QED) is 0.680. The topological polar surface area (TPSA) is 64.3 Å². The molecule has 0 bridgehead atoms. The number of hydrogen-bond donors (Lipinski definition) is 2. The Kier molecular flexibility index (Phi) is 4.74. The fourth-order valence-electron chi connectivity index (χ4n) is 1.64. The van der Waals surface area contributed by atoms with Crippen LogP contribution in [0.2, 0.25) is 0 Å². The highest BCUT2D eigenvalue weighted by Gasteiger charge is 2.49. The van der Waals surface area contributed by atoms with Crippen molar-refractivity contribution >= 4 is 5.91 Å². The Morgan fingerprint density at radius 3 is 2.50 bits per heavy atom. The number of rotatable bonds is 7. The van der Waals surface area contributed by atoms with Gasteiger partial charge in [-0.25, -0.2) is 0 Å². The van der Waals surface area contributed by atoms with Crippen molar-refractivity contribution in [3.63, 3.8) is 0 Å². The average Bonchev–Trinajstić information content (AvgIpc) is 3.04. The average molecular weight is 228 g/mol. The first-order valence-corrected chi connectivity index (χ1v) is 6.14. The van der Waals surface area contributed by atoms with Crippen LogP contribution in [0.4, 0.5) is 0 Å². The molecular formula is C12H24N2O2. The number of amides is 1. The first-order chi connectivity index (χ1) is 7.55. The lowest BCUT2D eigenvalue weighted by Gasteiger charge is -2.24. The molecule has 3 N–H and O–H groups in total. The van der Waals surface area contributed by atoms with Crippen LogP contribution in [0, 0.1) is 11.3 Å². The predicted molar refractivity (Wildman–Crippen MR) is 64.0 cm³/mol. The van der Waals surface area contributed by atoms with E-state index in [4.69, 9.17) is 10.5 Å². The van der Waals surface area contributed by atoms with Gasteiger partial charge in [0.25, 0.3) is 0 Å². The first kappa shape index (κ1) is 13.5.